The van der Waals surface area contributed by atoms with Gasteiger partial charge in [-0.2, -0.15) is 0 Å². The van der Waals surface area contributed by atoms with E-state index in [-0.39, 0.29) is 5.91 Å². The van der Waals surface area contributed by atoms with Crippen LogP contribution in [0.3, 0.4) is 0 Å². The van der Waals surface area contributed by atoms with Crippen LogP contribution in [0, 0.1) is 5.92 Å². The maximum atomic E-state index is 13.0. The molecule has 32 heavy (non-hydrogen) atoms. The zero-order valence-corrected chi connectivity index (χ0v) is 20.1. The van der Waals surface area contributed by atoms with Crippen LogP contribution in [0.1, 0.15) is 63.4 Å². The number of aliphatic imine (C=N–C) groups is 1. The second kappa shape index (κ2) is 10.8. The number of pyridine rings is 1. The van der Waals surface area contributed by atoms with E-state index < -0.39 is 5.54 Å². The number of amides is 1. The average Bonchev–Trinajstić information content (AvgIpc) is 2.71. The summed E-state index contributed by atoms with van der Waals surface area (Å²) in [5.74, 6) is 1.83. The zero-order chi connectivity index (χ0) is 23.1. The minimum atomic E-state index is -0.524. The molecule has 1 amide bonds. The Bertz CT molecular complexity index is 1010. The molecule has 3 rings (SSSR count). The van der Waals surface area contributed by atoms with Crippen molar-refractivity contribution in [3.63, 3.8) is 0 Å². The highest BCUT2D eigenvalue weighted by Gasteiger charge is 2.28. The van der Waals surface area contributed by atoms with Crippen LogP contribution in [0.15, 0.2) is 59.3 Å². The molecule has 0 saturated heterocycles. The van der Waals surface area contributed by atoms with Crippen molar-refractivity contribution in [2.75, 3.05) is 7.05 Å². The van der Waals surface area contributed by atoms with Crippen molar-refractivity contribution in [1.29, 1.82) is 0 Å². The molecule has 1 aromatic heterocycles. The number of ether oxygens (including phenoxy) is 1. The largest absolute Gasteiger partial charge is 0.448 e. The van der Waals surface area contributed by atoms with Gasteiger partial charge < -0.3 is 10.1 Å². The molecule has 0 radical (unpaired) electrons. The minimum absolute atomic E-state index is 0.224. The second-order valence-electron chi connectivity index (χ2n) is 8.80. The van der Waals surface area contributed by atoms with E-state index in [1.165, 1.54) is 6.42 Å². The number of rotatable bonds is 8. The molecule has 1 heterocycles. The summed E-state index contributed by atoms with van der Waals surface area (Å²) in [7, 11) is 1.78. The van der Waals surface area contributed by atoms with Gasteiger partial charge in [-0.1, -0.05) is 43.1 Å². The summed E-state index contributed by atoms with van der Waals surface area (Å²) < 4.78 is 6.19. The fraction of sp³-hybridized carbons (Fsp3) is 0.423. The number of benzene rings is 1. The molecule has 0 unspecified atom stereocenters. The summed E-state index contributed by atoms with van der Waals surface area (Å²) >= 11 is 6.10. The van der Waals surface area contributed by atoms with Crippen molar-refractivity contribution < 1.29 is 9.53 Å². The van der Waals surface area contributed by atoms with E-state index in [9.17, 15) is 4.79 Å². The number of nitrogens with one attached hydrogen (secondary N) is 1. The highest BCUT2D eigenvalue weighted by molar-refractivity contribution is 6.30. The van der Waals surface area contributed by atoms with E-state index in [0.717, 1.165) is 36.5 Å². The van der Waals surface area contributed by atoms with Crippen LogP contribution >= 0.6 is 11.6 Å². The Hall–Kier alpha value is -2.66. The maximum Gasteiger partial charge on any atom is 0.270 e. The number of nitrogens with zero attached hydrogens (tertiary/aromatic N) is 2. The summed E-state index contributed by atoms with van der Waals surface area (Å²) in [4.78, 5) is 21.9. The first-order valence-corrected chi connectivity index (χ1v) is 11.6. The van der Waals surface area contributed by atoms with Gasteiger partial charge in [0.15, 0.2) is 5.90 Å². The highest BCUT2D eigenvalue weighted by atomic mass is 35.5. The molecular weight excluding hydrogens is 422 g/mol. The molecule has 1 N–H and O–H groups in total. The summed E-state index contributed by atoms with van der Waals surface area (Å²) in [6, 6.07) is 12.9. The fourth-order valence-electron chi connectivity index (χ4n) is 3.70. The number of aromatic nitrogens is 1. The quantitative estimate of drug-likeness (QED) is 0.284. The lowest BCUT2D eigenvalue weighted by molar-refractivity contribution is 0.0903. The Labute approximate surface area is 196 Å². The summed E-state index contributed by atoms with van der Waals surface area (Å²) in [6.45, 7) is 6.06. The number of hydrogen-bond donors (Lipinski definition) is 1. The van der Waals surface area contributed by atoms with Crippen molar-refractivity contribution in [2.45, 2.75) is 58.4 Å². The molecule has 0 aliphatic heterocycles. The van der Waals surface area contributed by atoms with E-state index in [0.29, 0.717) is 28.7 Å². The van der Waals surface area contributed by atoms with Gasteiger partial charge in [0.1, 0.15) is 11.5 Å². The minimum Gasteiger partial charge on any atom is -0.448 e. The maximum absolute atomic E-state index is 13.0. The summed E-state index contributed by atoms with van der Waals surface area (Å²) in [5, 5.41) is 3.74. The predicted octanol–water partition coefficient (Wildman–Crippen LogP) is 6.44. The Kier molecular flexibility index (Phi) is 8.08. The first-order chi connectivity index (χ1) is 15.3. The first kappa shape index (κ1) is 24.0. The SMILES string of the molecule is CCC=C(CC(C)(C)NC(=O)c1cccc(-c2cccc(Cl)c2)n1)OC(=NC)C1CCC1. The van der Waals surface area contributed by atoms with E-state index in [4.69, 9.17) is 16.3 Å². The first-order valence-electron chi connectivity index (χ1n) is 11.2. The molecule has 0 spiro atoms. The predicted molar refractivity (Wildman–Crippen MR) is 131 cm³/mol. The van der Waals surface area contributed by atoms with Gasteiger partial charge >= 0.3 is 0 Å². The summed E-state index contributed by atoms with van der Waals surface area (Å²) in [5.41, 5.74) is 1.42. The molecule has 5 nitrogen and oxygen atoms in total. The molecular formula is C26H32ClN3O2. The number of allylic oxidation sites excluding steroid dienone is 1. The monoisotopic (exact) mass is 453 g/mol. The number of carbonyl (C=O) groups excluding carboxylic acids is 1. The van der Waals surface area contributed by atoms with Crippen molar-refractivity contribution in [1.82, 2.24) is 10.3 Å². The molecule has 1 aliphatic rings. The number of carbonyl (C=O) groups is 1. The topological polar surface area (TPSA) is 63.6 Å². The van der Waals surface area contributed by atoms with Gasteiger partial charge in [0.25, 0.3) is 5.91 Å². The Morgan fingerprint density at radius 3 is 2.66 bits per heavy atom. The van der Waals surface area contributed by atoms with Gasteiger partial charge in [-0.05, 0) is 63.5 Å². The van der Waals surface area contributed by atoms with Crippen LogP contribution in [-0.2, 0) is 4.74 Å². The number of hydrogen-bond acceptors (Lipinski definition) is 4. The van der Waals surface area contributed by atoms with E-state index in [1.807, 2.05) is 50.2 Å². The van der Waals surface area contributed by atoms with Crippen molar-refractivity contribution in [3.8, 4) is 11.3 Å². The van der Waals surface area contributed by atoms with Crippen LogP contribution in [0.4, 0.5) is 0 Å². The van der Waals surface area contributed by atoms with Crippen LogP contribution in [0.2, 0.25) is 5.02 Å². The van der Waals surface area contributed by atoms with Crippen LogP contribution in [-0.4, -0.2) is 29.4 Å². The smallest absolute Gasteiger partial charge is 0.270 e. The molecule has 1 aliphatic carbocycles. The molecule has 1 aromatic carbocycles. The van der Waals surface area contributed by atoms with E-state index in [1.54, 1.807) is 13.1 Å². The molecule has 6 heteroatoms. The lowest BCUT2D eigenvalue weighted by Gasteiger charge is -2.30. The zero-order valence-electron chi connectivity index (χ0n) is 19.3. The normalized spacial score (nSPS) is 15.3. The third-order valence-corrected chi connectivity index (χ3v) is 5.75. The van der Waals surface area contributed by atoms with Crippen LogP contribution < -0.4 is 5.32 Å². The second-order valence-corrected chi connectivity index (χ2v) is 9.24. The van der Waals surface area contributed by atoms with Gasteiger partial charge in [-0.15, -0.1) is 0 Å². The molecule has 0 bridgehead atoms. The van der Waals surface area contributed by atoms with Gasteiger partial charge in [-0.3, -0.25) is 9.79 Å². The van der Waals surface area contributed by atoms with E-state index >= 15 is 0 Å². The Morgan fingerprint density at radius 2 is 2.03 bits per heavy atom. The van der Waals surface area contributed by atoms with Crippen molar-refractivity contribution in [3.05, 3.63) is 65.0 Å². The Balaban J connectivity index is 1.70. The molecule has 1 saturated carbocycles. The third kappa shape index (κ3) is 6.42. The standard InChI is InChI=1S/C26H32ClN3O2/c1-5-9-21(32-25(28-4)18-10-6-11-18)17-26(2,3)30-24(31)23-15-8-14-22(29-23)19-12-7-13-20(27)16-19/h7-9,12-16,18H,5-6,10-11,17H2,1-4H3,(H,30,31). The third-order valence-electron chi connectivity index (χ3n) is 5.51. The van der Waals surface area contributed by atoms with Gasteiger partial charge in [0.05, 0.1) is 5.69 Å². The lowest BCUT2D eigenvalue weighted by atomic mass is 9.85. The van der Waals surface area contributed by atoms with Gasteiger partial charge in [-0.25, -0.2) is 4.98 Å². The molecule has 1 fully saturated rings. The molecule has 2 aromatic rings. The van der Waals surface area contributed by atoms with Crippen molar-refractivity contribution in [2.24, 2.45) is 10.9 Å². The lowest BCUT2D eigenvalue weighted by Crippen LogP contribution is -2.44. The summed E-state index contributed by atoms with van der Waals surface area (Å²) in [6.07, 6.45) is 6.96. The fourth-order valence-corrected chi connectivity index (χ4v) is 3.89. The highest BCUT2D eigenvalue weighted by Crippen LogP contribution is 2.30. The van der Waals surface area contributed by atoms with Gasteiger partial charge in [0, 0.05) is 35.5 Å². The molecule has 0 atom stereocenters. The Morgan fingerprint density at radius 1 is 1.28 bits per heavy atom. The van der Waals surface area contributed by atoms with Gasteiger partial charge in [0.2, 0.25) is 0 Å². The van der Waals surface area contributed by atoms with E-state index in [2.05, 4.69) is 28.3 Å². The van der Waals surface area contributed by atoms with Crippen molar-refractivity contribution >= 4 is 23.4 Å². The molecule has 170 valence electrons. The average molecular weight is 454 g/mol. The number of halogens is 1. The van der Waals surface area contributed by atoms with Crippen LogP contribution in [0.5, 0.6) is 0 Å². The van der Waals surface area contributed by atoms with Crippen LogP contribution in [0.25, 0.3) is 11.3 Å².